The first-order valence-electron chi connectivity index (χ1n) is 6.51. The van der Waals surface area contributed by atoms with Crippen LogP contribution in [-0.4, -0.2) is 43.8 Å². The quantitative estimate of drug-likeness (QED) is 0.671. The highest BCUT2D eigenvalue weighted by molar-refractivity contribution is 6.10. The van der Waals surface area contributed by atoms with E-state index in [0.29, 0.717) is 5.69 Å². The Morgan fingerprint density at radius 1 is 1.24 bits per heavy atom. The predicted octanol–water partition coefficient (Wildman–Crippen LogP) is 1.39. The van der Waals surface area contributed by atoms with Gasteiger partial charge in [-0.15, -0.1) is 0 Å². The first-order valence-corrected chi connectivity index (χ1v) is 6.51. The van der Waals surface area contributed by atoms with Crippen LogP contribution in [0.2, 0.25) is 0 Å². The molecule has 7 heteroatoms. The molecule has 0 spiro atoms. The van der Waals surface area contributed by atoms with Gasteiger partial charge >= 0.3 is 0 Å². The lowest BCUT2D eigenvalue weighted by Gasteiger charge is -2.35. The molecule has 0 amide bonds. The van der Waals surface area contributed by atoms with Crippen LogP contribution in [0.5, 0.6) is 0 Å². The number of benzene rings is 1. The van der Waals surface area contributed by atoms with Crippen LogP contribution in [-0.2, 0) is 0 Å². The van der Waals surface area contributed by atoms with Crippen molar-refractivity contribution < 1.29 is 4.39 Å². The third kappa shape index (κ3) is 3.47. The van der Waals surface area contributed by atoms with E-state index in [-0.39, 0.29) is 11.4 Å². The highest BCUT2D eigenvalue weighted by atomic mass is 19.1. The van der Waals surface area contributed by atoms with Crippen molar-refractivity contribution in [2.24, 2.45) is 5.10 Å². The molecule has 2 rings (SSSR count). The molecule has 1 saturated heterocycles. The molecule has 21 heavy (non-hydrogen) atoms. The molecule has 0 aliphatic carbocycles. The Morgan fingerprint density at radius 2 is 1.90 bits per heavy atom. The summed E-state index contributed by atoms with van der Waals surface area (Å²) in [5, 5.41) is 21.0. The van der Waals surface area contributed by atoms with Gasteiger partial charge in [0.2, 0.25) is 5.71 Å². The van der Waals surface area contributed by atoms with Gasteiger partial charge in [0.05, 0.1) is 5.69 Å². The van der Waals surface area contributed by atoms with Gasteiger partial charge in [0.25, 0.3) is 0 Å². The van der Waals surface area contributed by atoms with Crippen LogP contribution in [0.15, 0.2) is 23.3 Å². The zero-order valence-electron chi connectivity index (χ0n) is 11.7. The fourth-order valence-electron chi connectivity index (χ4n) is 2.12. The first-order chi connectivity index (χ1) is 10.2. The molecule has 0 bridgehead atoms. The average molecular weight is 286 g/mol. The maximum atomic E-state index is 14.0. The molecular weight excluding hydrogens is 271 g/mol. The summed E-state index contributed by atoms with van der Waals surface area (Å²) in [5.41, 5.74) is 3.03. The van der Waals surface area contributed by atoms with E-state index in [0.717, 1.165) is 26.2 Å². The van der Waals surface area contributed by atoms with E-state index >= 15 is 0 Å². The Labute approximate surface area is 122 Å². The number of hydrazone groups is 1. The van der Waals surface area contributed by atoms with Crippen molar-refractivity contribution in [3.05, 3.63) is 24.0 Å². The molecule has 1 aliphatic rings. The van der Waals surface area contributed by atoms with Crippen molar-refractivity contribution in [3.63, 3.8) is 0 Å². The zero-order valence-corrected chi connectivity index (χ0v) is 11.7. The smallest absolute Gasteiger partial charge is 0.237 e. The third-order valence-corrected chi connectivity index (χ3v) is 3.33. The molecule has 108 valence electrons. The standard InChI is InChI=1S/C14H15FN6/c1-20-5-7-21(8-6-20)13-4-2-3-12(15)14(13)19-18-11(9-16)10-17/h2-4,19H,5-8H2,1H3. The number of piperazine rings is 1. The number of nitrogens with one attached hydrogen (secondary N) is 1. The van der Waals surface area contributed by atoms with E-state index in [4.69, 9.17) is 10.5 Å². The second-order valence-corrected chi connectivity index (χ2v) is 4.72. The van der Waals surface area contributed by atoms with Crippen LogP contribution in [0, 0.1) is 28.5 Å². The molecule has 1 aromatic rings. The number of para-hydroxylation sites is 1. The van der Waals surface area contributed by atoms with E-state index in [9.17, 15) is 4.39 Å². The van der Waals surface area contributed by atoms with Crippen LogP contribution >= 0.6 is 0 Å². The molecule has 0 radical (unpaired) electrons. The SMILES string of the molecule is CN1CCN(c2cccc(F)c2NN=C(C#N)C#N)CC1. The van der Waals surface area contributed by atoms with Gasteiger partial charge in [-0.25, -0.2) is 4.39 Å². The minimum absolute atomic E-state index is 0.185. The van der Waals surface area contributed by atoms with Gasteiger partial charge in [-0.2, -0.15) is 15.6 Å². The number of nitriles is 2. The summed E-state index contributed by atoms with van der Waals surface area (Å²) in [6.07, 6.45) is 0. The number of rotatable bonds is 3. The van der Waals surface area contributed by atoms with Crippen molar-refractivity contribution in [3.8, 4) is 12.1 Å². The van der Waals surface area contributed by atoms with E-state index in [2.05, 4.69) is 20.3 Å². The van der Waals surface area contributed by atoms with Crippen molar-refractivity contribution in [1.29, 1.82) is 10.5 Å². The summed E-state index contributed by atoms with van der Waals surface area (Å²) in [4.78, 5) is 4.25. The van der Waals surface area contributed by atoms with Crippen LogP contribution in [0.4, 0.5) is 15.8 Å². The average Bonchev–Trinajstić information content (AvgIpc) is 2.50. The van der Waals surface area contributed by atoms with Gasteiger partial charge in [-0.1, -0.05) is 6.07 Å². The molecule has 1 aromatic carbocycles. The zero-order chi connectivity index (χ0) is 15.2. The Kier molecular flexibility index (Phi) is 4.70. The summed E-state index contributed by atoms with van der Waals surface area (Å²) in [6.45, 7) is 3.34. The van der Waals surface area contributed by atoms with Crippen molar-refractivity contribution in [2.45, 2.75) is 0 Å². The van der Waals surface area contributed by atoms with Crippen LogP contribution in [0.3, 0.4) is 0 Å². The summed E-state index contributed by atoms with van der Waals surface area (Å²) in [7, 11) is 2.04. The summed E-state index contributed by atoms with van der Waals surface area (Å²) < 4.78 is 14.0. The van der Waals surface area contributed by atoms with Gasteiger partial charge in [0.1, 0.15) is 23.6 Å². The molecular formula is C14H15FN6. The molecule has 0 atom stereocenters. The van der Waals surface area contributed by atoms with Crippen molar-refractivity contribution in [1.82, 2.24) is 4.90 Å². The number of hydrogen-bond donors (Lipinski definition) is 1. The molecule has 6 nitrogen and oxygen atoms in total. The molecule has 1 aliphatic heterocycles. The first kappa shape index (κ1) is 14.8. The van der Waals surface area contributed by atoms with Gasteiger partial charge < -0.3 is 9.80 Å². The third-order valence-electron chi connectivity index (χ3n) is 3.33. The molecule has 0 saturated carbocycles. The fourth-order valence-corrected chi connectivity index (χ4v) is 2.12. The summed E-state index contributed by atoms with van der Waals surface area (Å²) in [5.74, 6) is -0.467. The molecule has 1 N–H and O–H groups in total. The predicted molar refractivity (Wildman–Crippen MR) is 78.4 cm³/mol. The maximum absolute atomic E-state index is 14.0. The monoisotopic (exact) mass is 286 g/mol. The normalized spacial score (nSPS) is 15.0. The minimum atomic E-state index is -0.467. The molecule has 0 aromatic heterocycles. The Balaban J connectivity index is 2.27. The lowest BCUT2D eigenvalue weighted by molar-refractivity contribution is 0.313. The second-order valence-electron chi connectivity index (χ2n) is 4.72. The lowest BCUT2D eigenvalue weighted by Crippen LogP contribution is -2.44. The Bertz CT molecular complexity index is 603. The molecule has 0 unspecified atom stereocenters. The van der Waals surface area contributed by atoms with Crippen LogP contribution < -0.4 is 10.3 Å². The lowest BCUT2D eigenvalue weighted by atomic mass is 10.2. The number of hydrogen-bond acceptors (Lipinski definition) is 6. The van der Waals surface area contributed by atoms with E-state index < -0.39 is 5.82 Å². The molecule has 1 heterocycles. The van der Waals surface area contributed by atoms with Gasteiger partial charge in [0.15, 0.2) is 0 Å². The molecule has 1 fully saturated rings. The van der Waals surface area contributed by atoms with Crippen LogP contribution in [0.25, 0.3) is 0 Å². The van der Waals surface area contributed by atoms with Crippen molar-refractivity contribution in [2.75, 3.05) is 43.6 Å². The highest BCUT2D eigenvalue weighted by Gasteiger charge is 2.19. The van der Waals surface area contributed by atoms with E-state index in [1.54, 1.807) is 24.3 Å². The summed E-state index contributed by atoms with van der Waals surface area (Å²) >= 11 is 0. The van der Waals surface area contributed by atoms with Gasteiger partial charge in [0, 0.05) is 26.2 Å². The van der Waals surface area contributed by atoms with Crippen molar-refractivity contribution >= 4 is 17.1 Å². The topological polar surface area (TPSA) is 78.4 Å². The second kappa shape index (κ2) is 6.69. The van der Waals surface area contributed by atoms with E-state index in [1.807, 2.05) is 7.05 Å². The van der Waals surface area contributed by atoms with Gasteiger partial charge in [-0.3, -0.25) is 5.43 Å². The summed E-state index contributed by atoms with van der Waals surface area (Å²) in [6, 6.07) is 8.00. The Hall–Kier alpha value is -2.64. The minimum Gasteiger partial charge on any atom is -0.367 e. The fraction of sp³-hybridized carbons (Fsp3) is 0.357. The largest absolute Gasteiger partial charge is 0.367 e. The number of anilines is 2. The van der Waals surface area contributed by atoms with Crippen LogP contribution in [0.1, 0.15) is 0 Å². The number of halogens is 1. The maximum Gasteiger partial charge on any atom is 0.237 e. The van der Waals surface area contributed by atoms with Gasteiger partial charge in [-0.05, 0) is 19.2 Å². The highest BCUT2D eigenvalue weighted by Crippen LogP contribution is 2.29. The number of nitrogens with zero attached hydrogens (tertiary/aromatic N) is 5. The Morgan fingerprint density at radius 3 is 2.52 bits per heavy atom. The van der Waals surface area contributed by atoms with E-state index in [1.165, 1.54) is 6.07 Å². The number of likely N-dealkylation sites (N-methyl/N-ethyl adjacent to an activating group) is 1.